The van der Waals surface area contributed by atoms with Crippen LogP contribution in [0.4, 0.5) is 0 Å². The van der Waals surface area contributed by atoms with Crippen molar-refractivity contribution in [1.29, 1.82) is 0 Å². The van der Waals surface area contributed by atoms with Crippen molar-refractivity contribution >= 4 is 23.9 Å². The van der Waals surface area contributed by atoms with E-state index in [-0.39, 0.29) is 0 Å². The van der Waals surface area contributed by atoms with Crippen molar-refractivity contribution in [2.75, 3.05) is 26.4 Å². The summed E-state index contributed by atoms with van der Waals surface area (Å²) in [4.78, 5) is 47.6. The Morgan fingerprint density at radius 1 is 0.531 bits per heavy atom. The van der Waals surface area contributed by atoms with E-state index in [0.29, 0.717) is 66.1 Å². The summed E-state index contributed by atoms with van der Waals surface area (Å²) in [6.45, 7) is 10.3. The summed E-state index contributed by atoms with van der Waals surface area (Å²) in [5, 5.41) is 0. The Kier molecular flexibility index (Phi) is 16.7. The summed E-state index contributed by atoms with van der Waals surface area (Å²) in [6.07, 6.45) is 9.35. The molecule has 10 heteroatoms. The average molecular weight is 673 g/mol. The lowest BCUT2D eigenvalue weighted by molar-refractivity contribution is -0.138. The van der Waals surface area contributed by atoms with Crippen molar-refractivity contribution < 1.29 is 47.6 Å². The Hall–Kier alpha value is -5.38. The molecule has 0 aliphatic carbocycles. The van der Waals surface area contributed by atoms with Gasteiger partial charge in [0.15, 0.2) is 0 Å². The summed E-state index contributed by atoms with van der Waals surface area (Å²) >= 11 is 0. The molecule has 0 aromatic heterocycles. The van der Waals surface area contributed by atoms with Gasteiger partial charge in [0, 0.05) is 12.2 Å². The van der Waals surface area contributed by atoms with Crippen molar-refractivity contribution in [2.45, 2.75) is 58.3 Å². The highest BCUT2D eigenvalue weighted by atomic mass is 16.5. The second-order valence-corrected chi connectivity index (χ2v) is 11.0. The second-order valence-electron chi connectivity index (χ2n) is 11.0. The van der Waals surface area contributed by atoms with Gasteiger partial charge < -0.3 is 28.4 Å². The number of benzene rings is 3. The standard InChI is InChI=1S/C39H44O10/c1-4-36(40)46-26-12-8-6-10-24-44-32-17-14-30(15-18-32)38(42)49-35-23-16-31(28-29(35)3)39(43)48-34-21-19-33(20-22-34)45-25-11-7-9-13-27-47-37(41)5-2/h4-5,14-23,28H,1-2,6-13,24-27H2,3H3. The van der Waals surface area contributed by atoms with E-state index in [1.807, 2.05) is 0 Å². The molecule has 0 fully saturated rings. The zero-order chi connectivity index (χ0) is 35.3. The first-order valence-corrected chi connectivity index (χ1v) is 16.4. The molecule has 0 heterocycles. The van der Waals surface area contributed by atoms with Crippen molar-refractivity contribution in [3.63, 3.8) is 0 Å². The molecule has 10 nitrogen and oxygen atoms in total. The Labute approximate surface area is 287 Å². The fraction of sp³-hybridized carbons (Fsp3) is 0.333. The lowest BCUT2D eigenvalue weighted by atomic mass is 10.1. The third kappa shape index (κ3) is 14.5. The number of rotatable bonds is 22. The topological polar surface area (TPSA) is 124 Å². The van der Waals surface area contributed by atoms with Gasteiger partial charge in [-0.2, -0.15) is 0 Å². The lowest BCUT2D eigenvalue weighted by Gasteiger charge is -2.11. The minimum atomic E-state index is -0.543. The number of carbonyl (C=O) groups is 4. The fourth-order valence-electron chi connectivity index (χ4n) is 4.47. The van der Waals surface area contributed by atoms with Crippen LogP contribution in [0.5, 0.6) is 23.0 Å². The van der Waals surface area contributed by atoms with Crippen molar-refractivity contribution in [3.05, 3.63) is 109 Å². The van der Waals surface area contributed by atoms with E-state index >= 15 is 0 Å². The van der Waals surface area contributed by atoms with Gasteiger partial charge in [-0.25, -0.2) is 19.2 Å². The maximum absolute atomic E-state index is 12.8. The molecule has 0 unspecified atom stereocenters. The summed E-state index contributed by atoms with van der Waals surface area (Å²) in [5.74, 6) is 0.127. The summed E-state index contributed by atoms with van der Waals surface area (Å²) in [5.41, 5.74) is 1.28. The number of esters is 4. The molecule has 3 aromatic rings. The lowest BCUT2D eigenvalue weighted by Crippen LogP contribution is -2.11. The van der Waals surface area contributed by atoms with Crippen LogP contribution in [0.1, 0.15) is 77.6 Å². The Morgan fingerprint density at radius 2 is 0.959 bits per heavy atom. The van der Waals surface area contributed by atoms with Crippen LogP contribution in [0.2, 0.25) is 0 Å². The van der Waals surface area contributed by atoms with Crippen LogP contribution in [0.25, 0.3) is 0 Å². The first-order chi connectivity index (χ1) is 23.8. The molecule has 49 heavy (non-hydrogen) atoms. The quantitative estimate of drug-likeness (QED) is 0.0453. The molecule has 0 amide bonds. The smallest absolute Gasteiger partial charge is 0.343 e. The van der Waals surface area contributed by atoms with Crippen LogP contribution >= 0.6 is 0 Å². The van der Waals surface area contributed by atoms with Gasteiger partial charge in [0.1, 0.15) is 23.0 Å². The van der Waals surface area contributed by atoms with E-state index < -0.39 is 23.9 Å². The monoisotopic (exact) mass is 672 g/mol. The van der Waals surface area contributed by atoms with Gasteiger partial charge >= 0.3 is 23.9 Å². The molecule has 0 aliphatic rings. The van der Waals surface area contributed by atoms with Crippen LogP contribution in [0, 0.1) is 6.92 Å². The number of aryl methyl sites for hydroxylation is 1. The summed E-state index contributed by atoms with van der Waals surface area (Å²) in [6, 6.07) is 18.2. The van der Waals surface area contributed by atoms with E-state index in [2.05, 4.69) is 13.2 Å². The first kappa shape index (κ1) is 38.1. The maximum atomic E-state index is 12.8. The predicted molar refractivity (Wildman–Crippen MR) is 184 cm³/mol. The highest BCUT2D eigenvalue weighted by molar-refractivity contribution is 5.93. The van der Waals surface area contributed by atoms with E-state index in [9.17, 15) is 19.2 Å². The molecule has 0 bridgehead atoms. The molecule has 0 saturated heterocycles. The minimum absolute atomic E-state index is 0.314. The number of unbranched alkanes of at least 4 members (excludes halogenated alkanes) is 6. The summed E-state index contributed by atoms with van der Waals surface area (Å²) < 4.78 is 32.5. The maximum Gasteiger partial charge on any atom is 0.343 e. The molecule has 0 N–H and O–H groups in total. The molecule has 3 aromatic carbocycles. The van der Waals surface area contributed by atoms with Crippen LogP contribution in [0.3, 0.4) is 0 Å². The van der Waals surface area contributed by atoms with Crippen molar-refractivity contribution in [1.82, 2.24) is 0 Å². The van der Waals surface area contributed by atoms with E-state index in [1.165, 1.54) is 0 Å². The molecule has 0 aliphatic heterocycles. The minimum Gasteiger partial charge on any atom is -0.494 e. The van der Waals surface area contributed by atoms with Gasteiger partial charge in [-0.05, 0) is 131 Å². The zero-order valence-electron chi connectivity index (χ0n) is 28.0. The molecule has 260 valence electrons. The number of hydrogen-bond donors (Lipinski definition) is 0. The van der Waals surface area contributed by atoms with E-state index in [0.717, 1.165) is 63.5 Å². The van der Waals surface area contributed by atoms with Gasteiger partial charge in [-0.1, -0.05) is 13.2 Å². The predicted octanol–water partition coefficient (Wildman–Crippen LogP) is 7.77. The molecule has 0 spiro atoms. The van der Waals surface area contributed by atoms with Crippen LogP contribution in [0.15, 0.2) is 92.0 Å². The van der Waals surface area contributed by atoms with Crippen LogP contribution in [-0.4, -0.2) is 50.3 Å². The largest absolute Gasteiger partial charge is 0.494 e. The Bertz CT molecular complexity index is 1530. The molecule has 0 radical (unpaired) electrons. The van der Waals surface area contributed by atoms with Gasteiger partial charge in [-0.15, -0.1) is 0 Å². The highest BCUT2D eigenvalue weighted by Crippen LogP contribution is 2.24. The molecular formula is C39H44O10. The third-order valence-corrected chi connectivity index (χ3v) is 7.17. The van der Waals surface area contributed by atoms with Crippen LogP contribution in [-0.2, 0) is 19.1 Å². The Balaban J connectivity index is 1.35. The normalized spacial score (nSPS) is 10.4. The zero-order valence-corrected chi connectivity index (χ0v) is 28.0. The van der Waals surface area contributed by atoms with Crippen LogP contribution < -0.4 is 18.9 Å². The van der Waals surface area contributed by atoms with E-state index in [4.69, 9.17) is 28.4 Å². The van der Waals surface area contributed by atoms with Gasteiger partial charge in [0.2, 0.25) is 0 Å². The van der Waals surface area contributed by atoms with Crippen molar-refractivity contribution in [3.8, 4) is 23.0 Å². The Morgan fingerprint density at radius 3 is 1.45 bits per heavy atom. The number of carbonyl (C=O) groups excluding carboxylic acids is 4. The van der Waals surface area contributed by atoms with Gasteiger partial charge in [-0.3, -0.25) is 0 Å². The average Bonchev–Trinajstić information content (AvgIpc) is 3.11. The van der Waals surface area contributed by atoms with Gasteiger partial charge in [0.05, 0.1) is 37.6 Å². The SMILES string of the molecule is C=CC(=O)OCCCCCCOc1ccc(OC(=O)c2ccc(OC(=O)c3ccc(OCCCCCCOC(=O)C=C)cc3)c(C)c2)cc1. The number of hydrogen-bond acceptors (Lipinski definition) is 10. The number of ether oxygens (including phenoxy) is 6. The molecule has 3 rings (SSSR count). The highest BCUT2D eigenvalue weighted by Gasteiger charge is 2.15. The van der Waals surface area contributed by atoms with Gasteiger partial charge in [0.25, 0.3) is 0 Å². The molecule has 0 saturated carbocycles. The second kappa shape index (κ2) is 21.5. The van der Waals surface area contributed by atoms with Crippen molar-refractivity contribution in [2.24, 2.45) is 0 Å². The summed E-state index contributed by atoms with van der Waals surface area (Å²) in [7, 11) is 0. The third-order valence-electron chi connectivity index (χ3n) is 7.17. The van der Waals surface area contributed by atoms with E-state index in [1.54, 1.807) is 73.7 Å². The molecular weight excluding hydrogens is 628 g/mol. The first-order valence-electron chi connectivity index (χ1n) is 16.4. The molecule has 0 atom stereocenters. The fourth-order valence-corrected chi connectivity index (χ4v) is 4.47.